The van der Waals surface area contributed by atoms with Crippen molar-refractivity contribution in [1.29, 1.82) is 0 Å². The van der Waals surface area contributed by atoms with Gasteiger partial charge in [-0.2, -0.15) is 5.10 Å². The summed E-state index contributed by atoms with van der Waals surface area (Å²) in [5, 5.41) is 6.92. The first-order valence-corrected chi connectivity index (χ1v) is 7.89. The van der Waals surface area contributed by atoms with Crippen LogP contribution in [0.25, 0.3) is 10.8 Å². The van der Waals surface area contributed by atoms with Crippen LogP contribution in [-0.2, 0) is 4.79 Å². The lowest BCUT2D eigenvalue weighted by atomic mass is 9.68. The topological polar surface area (TPSA) is 41.5 Å². The Balaban J connectivity index is 1.79. The first-order valence-electron chi connectivity index (χ1n) is 7.89. The zero-order valence-corrected chi connectivity index (χ0v) is 13.0. The molecular weight excluding hydrogens is 272 g/mol. The maximum Gasteiger partial charge on any atom is 0.144 e. The molecule has 1 aliphatic heterocycles. The number of carbonyl (C=O) groups is 1. The lowest BCUT2D eigenvalue weighted by Crippen LogP contribution is -2.45. The van der Waals surface area contributed by atoms with Gasteiger partial charge in [0.05, 0.1) is 17.7 Å². The van der Waals surface area contributed by atoms with Crippen LogP contribution in [0.4, 0.5) is 0 Å². The lowest BCUT2D eigenvalue weighted by molar-refractivity contribution is -0.126. The van der Waals surface area contributed by atoms with E-state index in [1.165, 1.54) is 10.8 Å². The second kappa shape index (κ2) is 4.67. The molecule has 3 heteroatoms. The fraction of sp³-hybridized carbons (Fsp3) is 0.368. The number of rotatable bonds is 1. The minimum atomic E-state index is -0.0983. The van der Waals surface area contributed by atoms with Crippen molar-refractivity contribution in [3.63, 3.8) is 0 Å². The summed E-state index contributed by atoms with van der Waals surface area (Å²) in [7, 11) is 0. The molecule has 0 bridgehead atoms. The smallest absolute Gasteiger partial charge is 0.144 e. The first kappa shape index (κ1) is 13.5. The predicted molar refractivity (Wildman–Crippen MR) is 88.9 cm³/mol. The van der Waals surface area contributed by atoms with Gasteiger partial charge in [0.1, 0.15) is 5.78 Å². The van der Waals surface area contributed by atoms with Crippen LogP contribution in [-0.4, -0.2) is 17.5 Å². The van der Waals surface area contributed by atoms with Crippen molar-refractivity contribution < 1.29 is 4.79 Å². The third-order valence-electron chi connectivity index (χ3n) is 4.89. The van der Waals surface area contributed by atoms with Crippen molar-refractivity contribution in [3.05, 3.63) is 48.0 Å². The van der Waals surface area contributed by atoms with Crippen molar-refractivity contribution in [1.82, 2.24) is 5.43 Å². The lowest BCUT2D eigenvalue weighted by Gasteiger charge is -2.36. The van der Waals surface area contributed by atoms with Gasteiger partial charge in [-0.3, -0.25) is 4.79 Å². The summed E-state index contributed by atoms with van der Waals surface area (Å²) in [5.41, 5.74) is 5.30. The van der Waals surface area contributed by atoms with E-state index >= 15 is 0 Å². The highest BCUT2D eigenvalue weighted by Gasteiger charge is 2.46. The summed E-state index contributed by atoms with van der Waals surface area (Å²) >= 11 is 0. The minimum Gasteiger partial charge on any atom is -0.306 e. The normalized spacial score (nSPS) is 26.5. The molecule has 0 amide bonds. The fourth-order valence-corrected chi connectivity index (χ4v) is 3.95. The maximum absolute atomic E-state index is 12.7. The number of hydrazone groups is 1. The van der Waals surface area contributed by atoms with Gasteiger partial charge in [0, 0.05) is 12.0 Å². The van der Waals surface area contributed by atoms with E-state index in [0.717, 1.165) is 17.7 Å². The highest BCUT2D eigenvalue weighted by atomic mass is 16.1. The molecule has 3 nitrogen and oxygen atoms in total. The van der Waals surface area contributed by atoms with E-state index in [-0.39, 0.29) is 17.4 Å². The molecule has 1 fully saturated rings. The number of hydrogen-bond donors (Lipinski definition) is 1. The minimum absolute atomic E-state index is 0.0645. The number of hydrogen-bond acceptors (Lipinski definition) is 3. The number of Topliss-reactive ketones (excluding diaryl/α,β-unsaturated/α-hetero) is 1. The highest BCUT2D eigenvalue weighted by Crippen LogP contribution is 2.40. The molecule has 2 aromatic carbocycles. The van der Waals surface area contributed by atoms with Crippen LogP contribution < -0.4 is 5.43 Å². The van der Waals surface area contributed by atoms with Gasteiger partial charge in [-0.05, 0) is 22.6 Å². The van der Waals surface area contributed by atoms with E-state index in [2.05, 4.69) is 48.6 Å². The molecule has 1 aliphatic carbocycles. The molecule has 0 saturated heterocycles. The Labute approximate surface area is 130 Å². The van der Waals surface area contributed by atoms with E-state index in [9.17, 15) is 4.79 Å². The molecule has 1 saturated carbocycles. The summed E-state index contributed by atoms with van der Waals surface area (Å²) in [4.78, 5) is 12.7. The molecule has 0 spiro atoms. The standard InChI is InChI=1S/C19H20N2O/c1-19(2)10-15-17(16(22)11-19)18(21-20-15)14-9-5-7-12-6-3-4-8-13(12)14/h3-9,15,17,20H,10-11H2,1-2H3. The molecule has 2 unspecified atom stereocenters. The van der Waals surface area contributed by atoms with Crippen LogP contribution in [0.3, 0.4) is 0 Å². The van der Waals surface area contributed by atoms with Crippen molar-refractivity contribution in [2.75, 3.05) is 0 Å². The van der Waals surface area contributed by atoms with Crippen LogP contribution >= 0.6 is 0 Å². The van der Waals surface area contributed by atoms with Gasteiger partial charge in [-0.25, -0.2) is 0 Å². The van der Waals surface area contributed by atoms with Crippen LogP contribution in [0.1, 0.15) is 32.3 Å². The number of carbonyl (C=O) groups excluding carboxylic acids is 1. The Kier molecular flexibility index (Phi) is 2.86. The first-order chi connectivity index (χ1) is 10.6. The molecule has 0 aromatic heterocycles. The molecule has 2 atom stereocenters. The van der Waals surface area contributed by atoms with Gasteiger partial charge in [0.25, 0.3) is 0 Å². The quantitative estimate of drug-likeness (QED) is 0.873. The molecule has 2 aliphatic rings. The Morgan fingerprint density at radius 3 is 2.77 bits per heavy atom. The monoisotopic (exact) mass is 292 g/mol. The van der Waals surface area contributed by atoms with Crippen molar-refractivity contribution >= 4 is 22.3 Å². The Bertz CT molecular complexity index is 786. The summed E-state index contributed by atoms with van der Waals surface area (Å²) < 4.78 is 0. The van der Waals surface area contributed by atoms with Gasteiger partial charge in [0.15, 0.2) is 0 Å². The largest absolute Gasteiger partial charge is 0.306 e. The average molecular weight is 292 g/mol. The Morgan fingerprint density at radius 2 is 1.91 bits per heavy atom. The molecule has 0 radical (unpaired) electrons. The van der Waals surface area contributed by atoms with Crippen molar-refractivity contribution in [2.24, 2.45) is 16.4 Å². The van der Waals surface area contributed by atoms with Gasteiger partial charge in [0.2, 0.25) is 0 Å². The molecule has 2 aromatic rings. The molecule has 22 heavy (non-hydrogen) atoms. The second-order valence-electron chi connectivity index (χ2n) is 7.25. The molecular formula is C19H20N2O. The second-order valence-corrected chi connectivity index (χ2v) is 7.25. The van der Waals surface area contributed by atoms with E-state index in [4.69, 9.17) is 0 Å². The average Bonchev–Trinajstić information content (AvgIpc) is 2.89. The third-order valence-corrected chi connectivity index (χ3v) is 4.89. The molecule has 1 heterocycles. The van der Waals surface area contributed by atoms with Crippen LogP contribution in [0, 0.1) is 11.3 Å². The number of ketones is 1. The fourth-order valence-electron chi connectivity index (χ4n) is 3.95. The number of fused-ring (bicyclic) bond motifs is 2. The van der Waals surface area contributed by atoms with Gasteiger partial charge in [-0.15, -0.1) is 0 Å². The van der Waals surface area contributed by atoms with E-state index < -0.39 is 0 Å². The van der Waals surface area contributed by atoms with Crippen LogP contribution in [0.2, 0.25) is 0 Å². The van der Waals surface area contributed by atoms with Crippen LogP contribution in [0.5, 0.6) is 0 Å². The number of nitrogens with one attached hydrogen (secondary N) is 1. The van der Waals surface area contributed by atoms with Gasteiger partial charge < -0.3 is 5.43 Å². The van der Waals surface area contributed by atoms with Crippen molar-refractivity contribution in [3.8, 4) is 0 Å². The van der Waals surface area contributed by atoms with E-state index in [1.54, 1.807) is 0 Å². The summed E-state index contributed by atoms with van der Waals surface area (Å²) in [6.45, 7) is 4.33. The van der Waals surface area contributed by atoms with E-state index in [1.807, 2.05) is 18.2 Å². The molecule has 4 rings (SSSR count). The highest BCUT2D eigenvalue weighted by molar-refractivity contribution is 6.20. The third kappa shape index (κ3) is 2.04. The Hall–Kier alpha value is -2.16. The van der Waals surface area contributed by atoms with Crippen molar-refractivity contribution in [2.45, 2.75) is 32.7 Å². The molecule has 112 valence electrons. The van der Waals surface area contributed by atoms with Gasteiger partial charge >= 0.3 is 0 Å². The maximum atomic E-state index is 12.7. The number of nitrogens with zero attached hydrogens (tertiary/aromatic N) is 1. The van der Waals surface area contributed by atoms with Crippen LogP contribution in [0.15, 0.2) is 47.6 Å². The van der Waals surface area contributed by atoms with Gasteiger partial charge in [-0.1, -0.05) is 56.3 Å². The van der Waals surface area contributed by atoms with E-state index in [0.29, 0.717) is 12.2 Å². The zero-order valence-electron chi connectivity index (χ0n) is 13.0. The summed E-state index contributed by atoms with van der Waals surface area (Å²) in [6.07, 6.45) is 1.63. The number of benzene rings is 2. The summed E-state index contributed by atoms with van der Waals surface area (Å²) in [5.74, 6) is 0.219. The summed E-state index contributed by atoms with van der Waals surface area (Å²) in [6, 6.07) is 14.7. The SMILES string of the molecule is CC1(C)CC(=O)C2C(c3cccc4ccccc34)=NNC2C1. The zero-order chi connectivity index (χ0) is 15.3. The molecule has 1 N–H and O–H groups in total. The predicted octanol–water partition coefficient (Wildman–Crippen LogP) is 3.52. The Morgan fingerprint density at radius 1 is 1.14 bits per heavy atom.